The molecular weight excluding hydrogens is 308 g/mol. The van der Waals surface area contributed by atoms with Gasteiger partial charge in [0.15, 0.2) is 10.7 Å². The molecule has 0 fully saturated rings. The van der Waals surface area contributed by atoms with E-state index in [2.05, 4.69) is 16.6 Å². The first kappa shape index (κ1) is 18.2. The molecule has 122 valence electrons. The molecule has 1 aromatic rings. The van der Waals surface area contributed by atoms with E-state index in [9.17, 15) is 8.42 Å². The smallest absolute Gasteiger partial charge is 0.249 e. The summed E-state index contributed by atoms with van der Waals surface area (Å²) in [5.74, 6) is 0.0687. The van der Waals surface area contributed by atoms with Gasteiger partial charge < -0.3 is 11.1 Å². The normalized spacial score (nSPS) is 12.0. The Morgan fingerprint density at radius 1 is 1.19 bits per heavy atom. The first-order valence-electron chi connectivity index (χ1n) is 7.32. The van der Waals surface area contributed by atoms with E-state index in [0.29, 0.717) is 5.00 Å². The Morgan fingerprint density at radius 3 is 2.43 bits per heavy atom. The molecular formula is C13H26N4O2S2. The van der Waals surface area contributed by atoms with E-state index in [1.807, 2.05) is 0 Å². The maximum Gasteiger partial charge on any atom is 0.249 e. The fourth-order valence-electron chi connectivity index (χ4n) is 1.95. The molecule has 0 spiro atoms. The summed E-state index contributed by atoms with van der Waals surface area (Å²) in [4.78, 5) is 0.100. The lowest BCUT2D eigenvalue weighted by Crippen LogP contribution is -2.23. The Morgan fingerprint density at radius 2 is 1.81 bits per heavy atom. The molecule has 6 nitrogen and oxygen atoms in total. The predicted molar refractivity (Wildman–Crippen MR) is 89.3 cm³/mol. The summed E-state index contributed by atoms with van der Waals surface area (Å²) in [6.07, 6.45) is 7.18. The van der Waals surface area contributed by atoms with Crippen molar-refractivity contribution < 1.29 is 8.42 Å². The Bertz CT molecular complexity index is 526. The number of sulfonamides is 1. The Kier molecular flexibility index (Phi) is 7.41. The van der Waals surface area contributed by atoms with Crippen LogP contribution in [0.2, 0.25) is 0 Å². The van der Waals surface area contributed by atoms with Crippen molar-refractivity contribution in [3.8, 4) is 0 Å². The van der Waals surface area contributed by atoms with Crippen molar-refractivity contribution in [3.63, 3.8) is 0 Å². The van der Waals surface area contributed by atoms with E-state index in [-0.39, 0.29) is 10.7 Å². The zero-order chi connectivity index (χ0) is 15.9. The number of anilines is 2. The molecule has 0 aliphatic rings. The first-order valence-corrected chi connectivity index (χ1v) is 9.54. The van der Waals surface area contributed by atoms with Crippen LogP contribution in [0, 0.1) is 0 Å². The number of nitrogen functional groups attached to an aromatic ring is 1. The highest BCUT2D eigenvalue weighted by Crippen LogP contribution is 2.32. The maximum atomic E-state index is 12.2. The lowest BCUT2D eigenvalue weighted by Gasteiger charge is -2.12. The number of aromatic nitrogens is 1. The molecule has 1 aromatic heterocycles. The van der Waals surface area contributed by atoms with Gasteiger partial charge in [-0.25, -0.2) is 12.7 Å². The summed E-state index contributed by atoms with van der Waals surface area (Å²) in [6.45, 7) is 2.94. The fraction of sp³-hybridized carbons (Fsp3) is 0.769. The summed E-state index contributed by atoms with van der Waals surface area (Å²) in [5.41, 5.74) is 5.70. The topological polar surface area (TPSA) is 88.3 Å². The minimum atomic E-state index is -3.56. The van der Waals surface area contributed by atoms with Gasteiger partial charge in [-0.3, -0.25) is 0 Å². The molecule has 0 bridgehead atoms. The second kappa shape index (κ2) is 8.55. The monoisotopic (exact) mass is 334 g/mol. The van der Waals surface area contributed by atoms with Gasteiger partial charge in [0, 0.05) is 20.6 Å². The molecule has 0 aromatic carbocycles. The van der Waals surface area contributed by atoms with Gasteiger partial charge in [-0.15, -0.1) is 0 Å². The standard InChI is InChI=1S/C13H26N4O2S2/c1-4-5-6-7-8-9-10-15-13-11(12(14)16-20-13)21(18,19)17(2)3/h15H,4-10H2,1-3H3,(H2,14,16). The summed E-state index contributed by atoms with van der Waals surface area (Å²) in [7, 11) is -0.576. The van der Waals surface area contributed by atoms with Crippen LogP contribution in [0.1, 0.15) is 45.4 Å². The van der Waals surface area contributed by atoms with E-state index in [1.165, 1.54) is 39.8 Å². The van der Waals surface area contributed by atoms with Crippen molar-refractivity contribution in [1.82, 2.24) is 8.68 Å². The van der Waals surface area contributed by atoms with Gasteiger partial charge in [-0.2, -0.15) is 4.37 Å². The van der Waals surface area contributed by atoms with E-state index < -0.39 is 10.0 Å². The van der Waals surface area contributed by atoms with Crippen molar-refractivity contribution in [2.45, 2.75) is 50.3 Å². The van der Waals surface area contributed by atoms with Gasteiger partial charge in [0.05, 0.1) is 0 Å². The van der Waals surface area contributed by atoms with Gasteiger partial charge in [-0.1, -0.05) is 39.0 Å². The lowest BCUT2D eigenvalue weighted by atomic mass is 10.1. The van der Waals surface area contributed by atoms with Crippen LogP contribution >= 0.6 is 11.5 Å². The zero-order valence-electron chi connectivity index (χ0n) is 13.1. The molecule has 0 unspecified atom stereocenters. The van der Waals surface area contributed by atoms with E-state index in [0.717, 1.165) is 35.2 Å². The summed E-state index contributed by atoms with van der Waals surface area (Å²) >= 11 is 1.10. The van der Waals surface area contributed by atoms with E-state index in [4.69, 9.17) is 5.73 Å². The number of rotatable bonds is 10. The van der Waals surface area contributed by atoms with Gasteiger partial charge in [-0.05, 0) is 18.0 Å². The van der Waals surface area contributed by atoms with Crippen LogP contribution in [0.25, 0.3) is 0 Å². The van der Waals surface area contributed by atoms with Crippen LogP contribution in [-0.4, -0.2) is 37.7 Å². The first-order chi connectivity index (χ1) is 9.91. The molecule has 0 amide bonds. The zero-order valence-corrected chi connectivity index (χ0v) is 14.7. The maximum absolute atomic E-state index is 12.2. The third-order valence-corrected chi connectivity index (χ3v) is 6.07. The third-order valence-electron chi connectivity index (χ3n) is 3.23. The Balaban J connectivity index is 2.54. The third kappa shape index (κ3) is 5.12. The molecule has 0 saturated heterocycles. The highest BCUT2D eigenvalue weighted by Gasteiger charge is 2.27. The molecule has 0 atom stereocenters. The van der Waals surface area contributed by atoms with Crippen LogP contribution in [-0.2, 0) is 10.0 Å². The van der Waals surface area contributed by atoms with Crippen molar-refractivity contribution in [2.24, 2.45) is 0 Å². The molecule has 1 heterocycles. The molecule has 21 heavy (non-hydrogen) atoms. The van der Waals surface area contributed by atoms with Crippen molar-refractivity contribution in [3.05, 3.63) is 0 Å². The Labute approximate surface area is 131 Å². The number of nitrogens with zero attached hydrogens (tertiary/aromatic N) is 2. The molecule has 3 N–H and O–H groups in total. The number of hydrogen-bond donors (Lipinski definition) is 2. The second-order valence-electron chi connectivity index (χ2n) is 5.21. The molecule has 0 aliphatic carbocycles. The molecule has 0 saturated carbocycles. The summed E-state index contributed by atoms with van der Waals surface area (Å²) < 4.78 is 29.5. The number of hydrogen-bond acceptors (Lipinski definition) is 6. The predicted octanol–water partition coefficient (Wildman–Crippen LogP) is 2.75. The molecule has 0 aliphatic heterocycles. The number of unbranched alkanes of at least 4 members (excludes halogenated alkanes) is 5. The van der Waals surface area contributed by atoms with Gasteiger partial charge in [0.25, 0.3) is 0 Å². The SMILES string of the molecule is CCCCCCCCNc1snc(N)c1S(=O)(=O)N(C)C. The highest BCUT2D eigenvalue weighted by atomic mass is 32.2. The average molecular weight is 335 g/mol. The quantitative estimate of drug-likeness (QED) is 0.642. The number of nitrogens with two attached hydrogens (primary N) is 1. The van der Waals surface area contributed by atoms with Gasteiger partial charge in [0.2, 0.25) is 10.0 Å². The summed E-state index contributed by atoms with van der Waals surface area (Å²) in [5, 5.41) is 3.69. The van der Waals surface area contributed by atoms with Crippen LogP contribution in [0.4, 0.5) is 10.8 Å². The van der Waals surface area contributed by atoms with Crippen molar-refractivity contribution in [1.29, 1.82) is 0 Å². The molecule has 8 heteroatoms. The minimum absolute atomic E-state index is 0.0687. The van der Waals surface area contributed by atoms with Crippen LogP contribution < -0.4 is 11.1 Å². The lowest BCUT2D eigenvalue weighted by molar-refractivity contribution is 0.521. The molecule has 0 radical (unpaired) electrons. The second-order valence-corrected chi connectivity index (χ2v) is 8.07. The summed E-state index contributed by atoms with van der Waals surface area (Å²) in [6, 6.07) is 0. The number of nitrogens with one attached hydrogen (secondary N) is 1. The van der Waals surface area contributed by atoms with Gasteiger partial charge in [0.1, 0.15) is 5.00 Å². The highest BCUT2D eigenvalue weighted by molar-refractivity contribution is 7.89. The largest absolute Gasteiger partial charge is 0.382 e. The van der Waals surface area contributed by atoms with Crippen molar-refractivity contribution >= 4 is 32.4 Å². The van der Waals surface area contributed by atoms with Crippen molar-refractivity contribution in [2.75, 3.05) is 31.7 Å². The van der Waals surface area contributed by atoms with E-state index in [1.54, 1.807) is 0 Å². The van der Waals surface area contributed by atoms with Crippen LogP contribution in [0.5, 0.6) is 0 Å². The molecule has 1 rings (SSSR count). The van der Waals surface area contributed by atoms with E-state index >= 15 is 0 Å². The average Bonchev–Trinajstić information content (AvgIpc) is 2.79. The Hall–Kier alpha value is -0.860. The minimum Gasteiger partial charge on any atom is -0.382 e. The van der Waals surface area contributed by atoms with Gasteiger partial charge >= 0.3 is 0 Å². The van der Waals surface area contributed by atoms with Crippen LogP contribution in [0.15, 0.2) is 4.90 Å². The fourth-order valence-corrected chi connectivity index (χ4v) is 4.05. The van der Waals surface area contributed by atoms with Crippen LogP contribution in [0.3, 0.4) is 0 Å².